The van der Waals surface area contributed by atoms with Crippen LogP contribution >= 0.6 is 0 Å². The largest absolute Gasteiger partial charge is 0.370 e. The molecule has 4 N–H and O–H groups in total. The van der Waals surface area contributed by atoms with Crippen LogP contribution in [0.5, 0.6) is 0 Å². The van der Waals surface area contributed by atoms with Gasteiger partial charge < -0.3 is 21.1 Å². The predicted octanol–water partition coefficient (Wildman–Crippen LogP) is -1.40. The minimum absolute atomic E-state index is 0.0248. The molecule has 15 heavy (non-hydrogen) atoms. The first-order valence-corrected chi connectivity index (χ1v) is 4.90. The highest BCUT2D eigenvalue weighted by Crippen LogP contribution is 1.77. The third-order valence-electron chi connectivity index (χ3n) is 1.39. The molecule has 0 heterocycles. The summed E-state index contributed by atoms with van der Waals surface area (Å²) >= 11 is 0. The Kier molecular flexibility index (Phi) is 7.57. The van der Waals surface area contributed by atoms with Gasteiger partial charge in [-0.05, 0) is 13.8 Å². The average Bonchev–Trinajstić information content (AvgIpc) is 2.14. The molecule has 0 rings (SSSR count). The maximum atomic E-state index is 11.1. The van der Waals surface area contributed by atoms with Gasteiger partial charge in [-0.2, -0.15) is 0 Å². The van der Waals surface area contributed by atoms with E-state index in [0.717, 1.165) is 0 Å². The lowest BCUT2D eigenvalue weighted by Crippen LogP contribution is -2.41. The molecule has 0 aliphatic heterocycles. The summed E-state index contributed by atoms with van der Waals surface area (Å²) in [6.45, 7) is 4.33. The highest BCUT2D eigenvalue weighted by Gasteiger charge is 2.05. The van der Waals surface area contributed by atoms with Gasteiger partial charge in [0.15, 0.2) is 0 Å². The molecule has 0 saturated heterocycles. The normalized spacial score (nSPS) is 10.1. The van der Waals surface area contributed by atoms with Gasteiger partial charge in [0.05, 0.1) is 13.2 Å². The summed E-state index contributed by atoms with van der Waals surface area (Å²) in [5.41, 5.74) is 5.17. The molecule has 0 radical (unpaired) electrons. The zero-order valence-corrected chi connectivity index (χ0v) is 9.21. The summed E-state index contributed by atoms with van der Waals surface area (Å²) in [4.78, 5) is 22.2. The van der Waals surface area contributed by atoms with Crippen molar-refractivity contribution < 1.29 is 14.3 Å². The molecule has 6 heteroatoms. The van der Waals surface area contributed by atoms with E-state index in [4.69, 9.17) is 10.5 Å². The molecular formula is C9H19N3O3. The minimum Gasteiger partial charge on any atom is -0.370 e. The first-order valence-electron chi connectivity index (χ1n) is 4.90. The zero-order valence-electron chi connectivity index (χ0n) is 9.21. The van der Waals surface area contributed by atoms with Gasteiger partial charge in [0, 0.05) is 12.6 Å². The van der Waals surface area contributed by atoms with Gasteiger partial charge in [-0.3, -0.25) is 9.59 Å². The van der Waals surface area contributed by atoms with Gasteiger partial charge in [-0.15, -0.1) is 0 Å². The van der Waals surface area contributed by atoms with Crippen LogP contribution in [0.1, 0.15) is 13.8 Å². The second kappa shape index (κ2) is 8.19. The lowest BCUT2D eigenvalue weighted by molar-refractivity contribution is -0.129. The first kappa shape index (κ1) is 13.9. The Morgan fingerprint density at radius 3 is 2.53 bits per heavy atom. The molecule has 0 aromatic carbocycles. The van der Waals surface area contributed by atoms with Gasteiger partial charge >= 0.3 is 0 Å². The van der Waals surface area contributed by atoms with Gasteiger partial charge in [0.2, 0.25) is 11.8 Å². The van der Waals surface area contributed by atoms with E-state index in [-0.39, 0.29) is 31.0 Å². The molecule has 0 aliphatic rings. The Morgan fingerprint density at radius 1 is 1.33 bits per heavy atom. The number of carbonyl (C=O) groups excluding carboxylic acids is 2. The van der Waals surface area contributed by atoms with E-state index in [1.54, 1.807) is 0 Å². The molecule has 0 fully saturated rings. The maximum absolute atomic E-state index is 11.1. The maximum Gasteiger partial charge on any atom is 0.246 e. The Balaban J connectivity index is 3.49. The topological polar surface area (TPSA) is 93.5 Å². The summed E-state index contributed by atoms with van der Waals surface area (Å²) in [6.07, 6.45) is 0. The van der Waals surface area contributed by atoms with Crippen LogP contribution in [0.25, 0.3) is 0 Å². The van der Waals surface area contributed by atoms with E-state index in [2.05, 4.69) is 10.6 Å². The van der Waals surface area contributed by atoms with Crippen LogP contribution in [0.15, 0.2) is 0 Å². The molecule has 0 bridgehead atoms. The standard InChI is InChI=1S/C9H19N3O3/c1-7(2)12-8(13)5-11-9(14)6-15-4-3-10/h7H,3-6,10H2,1-2H3,(H,11,14)(H,12,13). The van der Waals surface area contributed by atoms with E-state index in [1.807, 2.05) is 13.8 Å². The predicted molar refractivity (Wildman–Crippen MR) is 56.2 cm³/mol. The summed E-state index contributed by atoms with van der Waals surface area (Å²) in [6, 6.07) is 0.0721. The second-order valence-electron chi connectivity index (χ2n) is 3.34. The highest BCUT2D eigenvalue weighted by molar-refractivity contribution is 5.85. The summed E-state index contributed by atoms with van der Waals surface area (Å²) in [7, 11) is 0. The van der Waals surface area contributed by atoms with Crippen LogP contribution < -0.4 is 16.4 Å². The SMILES string of the molecule is CC(C)NC(=O)CNC(=O)COCCN. The Morgan fingerprint density at radius 2 is 2.00 bits per heavy atom. The van der Waals surface area contributed by atoms with E-state index < -0.39 is 0 Å². The number of rotatable bonds is 7. The Labute approximate surface area is 89.5 Å². The molecule has 0 saturated carbocycles. The molecule has 2 amide bonds. The van der Waals surface area contributed by atoms with Gasteiger partial charge in [-0.25, -0.2) is 0 Å². The fraction of sp³-hybridized carbons (Fsp3) is 0.778. The molecule has 0 unspecified atom stereocenters. The summed E-state index contributed by atoms with van der Waals surface area (Å²) in [5, 5.41) is 5.08. The number of hydrogen-bond donors (Lipinski definition) is 3. The van der Waals surface area contributed by atoms with Crippen molar-refractivity contribution in [2.45, 2.75) is 19.9 Å². The van der Waals surface area contributed by atoms with Crippen molar-refractivity contribution in [2.75, 3.05) is 26.3 Å². The van der Waals surface area contributed by atoms with E-state index in [0.29, 0.717) is 13.2 Å². The lowest BCUT2D eigenvalue weighted by atomic mass is 10.4. The number of amides is 2. The second-order valence-corrected chi connectivity index (χ2v) is 3.34. The molecule has 0 aromatic heterocycles. The number of nitrogens with two attached hydrogens (primary N) is 1. The van der Waals surface area contributed by atoms with Crippen molar-refractivity contribution >= 4 is 11.8 Å². The van der Waals surface area contributed by atoms with Crippen LogP contribution in [0.3, 0.4) is 0 Å². The monoisotopic (exact) mass is 217 g/mol. The fourth-order valence-corrected chi connectivity index (χ4v) is 0.851. The smallest absolute Gasteiger partial charge is 0.246 e. The number of ether oxygens (including phenoxy) is 1. The highest BCUT2D eigenvalue weighted by atomic mass is 16.5. The van der Waals surface area contributed by atoms with Crippen molar-refractivity contribution in [2.24, 2.45) is 5.73 Å². The van der Waals surface area contributed by atoms with E-state index >= 15 is 0 Å². The third kappa shape index (κ3) is 9.17. The molecule has 0 aliphatic carbocycles. The molecule has 0 aromatic rings. The Bertz CT molecular complexity index is 207. The quantitative estimate of drug-likeness (QED) is 0.457. The fourth-order valence-electron chi connectivity index (χ4n) is 0.851. The third-order valence-corrected chi connectivity index (χ3v) is 1.39. The summed E-state index contributed by atoms with van der Waals surface area (Å²) in [5.74, 6) is -0.528. The van der Waals surface area contributed by atoms with Crippen LogP contribution in [-0.4, -0.2) is 44.2 Å². The van der Waals surface area contributed by atoms with Gasteiger partial charge in [0.25, 0.3) is 0 Å². The van der Waals surface area contributed by atoms with E-state index in [9.17, 15) is 9.59 Å². The van der Waals surface area contributed by atoms with Gasteiger partial charge in [0.1, 0.15) is 6.61 Å². The number of nitrogens with one attached hydrogen (secondary N) is 2. The van der Waals surface area contributed by atoms with Crippen molar-refractivity contribution in [3.8, 4) is 0 Å². The van der Waals surface area contributed by atoms with Crippen LogP contribution in [-0.2, 0) is 14.3 Å². The molecule has 6 nitrogen and oxygen atoms in total. The average molecular weight is 217 g/mol. The minimum atomic E-state index is -0.317. The molecular weight excluding hydrogens is 198 g/mol. The lowest BCUT2D eigenvalue weighted by Gasteiger charge is -2.09. The van der Waals surface area contributed by atoms with Crippen LogP contribution in [0.4, 0.5) is 0 Å². The van der Waals surface area contributed by atoms with Crippen LogP contribution in [0, 0.1) is 0 Å². The summed E-state index contributed by atoms with van der Waals surface area (Å²) < 4.78 is 4.89. The molecule has 0 atom stereocenters. The van der Waals surface area contributed by atoms with E-state index in [1.165, 1.54) is 0 Å². The Hall–Kier alpha value is -1.14. The first-order chi connectivity index (χ1) is 7.06. The molecule has 0 spiro atoms. The van der Waals surface area contributed by atoms with Crippen molar-refractivity contribution in [3.63, 3.8) is 0 Å². The van der Waals surface area contributed by atoms with Crippen LogP contribution in [0.2, 0.25) is 0 Å². The van der Waals surface area contributed by atoms with Crippen molar-refractivity contribution in [1.29, 1.82) is 0 Å². The van der Waals surface area contributed by atoms with Crippen molar-refractivity contribution in [3.05, 3.63) is 0 Å². The number of hydrogen-bond acceptors (Lipinski definition) is 4. The van der Waals surface area contributed by atoms with Gasteiger partial charge in [-0.1, -0.05) is 0 Å². The zero-order chi connectivity index (χ0) is 11.7. The van der Waals surface area contributed by atoms with Crippen molar-refractivity contribution in [1.82, 2.24) is 10.6 Å². The molecule has 88 valence electrons. The number of carbonyl (C=O) groups is 2.